The molecule has 1 heterocycles. The summed E-state index contributed by atoms with van der Waals surface area (Å²) in [7, 11) is 1.62. The Labute approximate surface area is 156 Å². The van der Waals surface area contributed by atoms with Gasteiger partial charge in [0.15, 0.2) is 0 Å². The highest BCUT2D eigenvalue weighted by atomic mass is 32.2. The van der Waals surface area contributed by atoms with Crippen molar-refractivity contribution in [1.29, 1.82) is 0 Å². The summed E-state index contributed by atoms with van der Waals surface area (Å²) in [5.41, 5.74) is 1.86. The number of methoxy groups -OCH3 is 1. The van der Waals surface area contributed by atoms with Crippen LogP contribution in [0.4, 0.5) is 0 Å². The van der Waals surface area contributed by atoms with Crippen LogP contribution in [0, 0.1) is 18.8 Å². The first kappa shape index (κ1) is 17.3. The molecule has 0 bridgehead atoms. The molecule has 2 fully saturated rings. The number of benzene rings is 1. The Morgan fingerprint density at radius 3 is 2.73 bits per heavy atom. The second-order valence-corrected chi connectivity index (χ2v) is 8.05. The third kappa shape index (κ3) is 3.85. The van der Waals surface area contributed by atoms with Crippen LogP contribution < -0.4 is 10.1 Å². The zero-order valence-corrected chi connectivity index (χ0v) is 15.8. The molecule has 1 aromatic carbocycles. The van der Waals surface area contributed by atoms with Crippen LogP contribution in [0.25, 0.3) is 5.69 Å². The van der Waals surface area contributed by atoms with Crippen LogP contribution in [0.2, 0.25) is 0 Å². The molecule has 138 valence electrons. The van der Waals surface area contributed by atoms with Crippen LogP contribution in [0.1, 0.15) is 31.2 Å². The fourth-order valence-corrected chi connectivity index (χ4v) is 3.97. The fraction of sp³-hybridized carbons (Fsp3) is 0.556. The number of ether oxygens (including phenoxy) is 1. The molecule has 4 rings (SSSR count). The minimum Gasteiger partial charge on any atom is -0.494 e. The Morgan fingerprint density at radius 1 is 1.35 bits per heavy atom. The summed E-state index contributed by atoms with van der Waals surface area (Å²) >= 11 is 1.35. The Balaban J connectivity index is 1.42. The number of amides is 1. The van der Waals surface area contributed by atoms with Crippen LogP contribution >= 0.6 is 11.8 Å². The molecule has 1 N–H and O–H groups in total. The van der Waals surface area contributed by atoms with Gasteiger partial charge in [0.1, 0.15) is 11.4 Å². The first-order valence-corrected chi connectivity index (χ1v) is 10.00. The summed E-state index contributed by atoms with van der Waals surface area (Å²) < 4.78 is 7.05. The number of thioether (sulfide) groups is 1. The van der Waals surface area contributed by atoms with Crippen LogP contribution in [0.15, 0.2) is 23.4 Å². The summed E-state index contributed by atoms with van der Waals surface area (Å²) in [6, 6.07) is 6.21. The number of nitrogens with zero attached hydrogens (tertiary/aromatic N) is 4. The van der Waals surface area contributed by atoms with Gasteiger partial charge in [0.2, 0.25) is 11.1 Å². The lowest BCUT2D eigenvalue weighted by Gasteiger charge is -2.17. The van der Waals surface area contributed by atoms with E-state index < -0.39 is 0 Å². The standard InChI is InChI=1S/C18H23N5O2S/c1-11-3-8-15(25-2)14(9-11)23-18(20-21-22-23)26-10-16(24)19-17(12-4-5-12)13-6-7-13/h3,8-9,12-13,17H,4-7,10H2,1-2H3,(H,19,24). The molecule has 0 atom stereocenters. The van der Waals surface area contributed by atoms with E-state index in [4.69, 9.17) is 4.74 Å². The van der Waals surface area contributed by atoms with Crippen molar-refractivity contribution in [3.05, 3.63) is 23.8 Å². The summed E-state index contributed by atoms with van der Waals surface area (Å²) in [6.07, 6.45) is 5.00. The predicted octanol–water partition coefficient (Wildman–Crippen LogP) is 2.38. The van der Waals surface area contributed by atoms with Crippen molar-refractivity contribution in [2.24, 2.45) is 11.8 Å². The van der Waals surface area contributed by atoms with Crippen molar-refractivity contribution < 1.29 is 9.53 Å². The van der Waals surface area contributed by atoms with E-state index in [9.17, 15) is 4.79 Å². The van der Waals surface area contributed by atoms with Gasteiger partial charge in [-0.15, -0.1) is 5.10 Å². The second kappa shape index (κ2) is 7.26. The van der Waals surface area contributed by atoms with Crippen LogP contribution in [0.3, 0.4) is 0 Å². The second-order valence-electron chi connectivity index (χ2n) is 7.11. The number of rotatable bonds is 8. The van der Waals surface area contributed by atoms with E-state index >= 15 is 0 Å². The maximum Gasteiger partial charge on any atom is 0.230 e. The number of hydrogen-bond acceptors (Lipinski definition) is 6. The molecule has 2 saturated carbocycles. The Bertz CT molecular complexity index is 789. The summed E-state index contributed by atoms with van der Waals surface area (Å²) in [5.74, 6) is 2.45. The quantitative estimate of drug-likeness (QED) is 0.716. The monoisotopic (exact) mass is 373 g/mol. The van der Waals surface area contributed by atoms with E-state index in [-0.39, 0.29) is 5.91 Å². The van der Waals surface area contributed by atoms with Crippen molar-refractivity contribution in [3.63, 3.8) is 0 Å². The van der Waals surface area contributed by atoms with E-state index in [2.05, 4.69) is 20.8 Å². The molecular weight excluding hydrogens is 350 g/mol. The molecular formula is C18H23N5O2S. The van der Waals surface area contributed by atoms with E-state index in [1.807, 2.05) is 25.1 Å². The lowest BCUT2D eigenvalue weighted by Crippen LogP contribution is -2.39. The van der Waals surface area contributed by atoms with Gasteiger partial charge in [0.25, 0.3) is 0 Å². The van der Waals surface area contributed by atoms with Gasteiger partial charge in [-0.3, -0.25) is 4.79 Å². The van der Waals surface area contributed by atoms with Gasteiger partial charge in [-0.2, -0.15) is 4.68 Å². The summed E-state index contributed by atoms with van der Waals surface area (Å²) in [4.78, 5) is 12.4. The molecule has 2 aliphatic carbocycles. The molecule has 8 heteroatoms. The Hall–Kier alpha value is -2.09. The number of tetrazole rings is 1. The highest BCUT2D eigenvalue weighted by Crippen LogP contribution is 2.44. The first-order valence-electron chi connectivity index (χ1n) is 9.01. The molecule has 2 aromatic rings. The predicted molar refractivity (Wildman–Crippen MR) is 98.5 cm³/mol. The van der Waals surface area contributed by atoms with Crippen molar-refractivity contribution in [2.45, 2.75) is 43.8 Å². The largest absolute Gasteiger partial charge is 0.494 e. The molecule has 1 amide bonds. The van der Waals surface area contributed by atoms with Crippen molar-refractivity contribution in [2.75, 3.05) is 12.9 Å². The van der Waals surface area contributed by atoms with Crippen LogP contribution in [-0.4, -0.2) is 45.0 Å². The van der Waals surface area contributed by atoms with Crippen LogP contribution in [-0.2, 0) is 4.79 Å². The first-order chi connectivity index (χ1) is 12.7. The highest BCUT2D eigenvalue weighted by Gasteiger charge is 2.42. The van der Waals surface area contributed by atoms with Gasteiger partial charge in [-0.1, -0.05) is 17.8 Å². The van der Waals surface area contributed by atoms with Crippen molar-refractivity contribution in [1.82, 2.24) is 25.5 Å². The lowest BCUT2D eigenvalue weighted by atomic mass is 10.1. The van der Waals surface area contributed by atoms with E-state index in [1.54, 1.807) is 11.8 Å². The van der Waals surface area contributed by atoms with E-state index in [1.165, 1.54) is 37.4 Å². The number of carbonyl (C=O) groups excluding carboxylic acids is 1. The zero-order chi connectivity index (χ0) is 18.1. The average Bonchev–Trinajstić information content (AvgIpc) is 3.56. The number of carbonyl (C=O) groups is 1. The molecule has 0 unspecified atom stereocenters. The zero-order valence-electron chi connectivity index (χ0n) is 15.0. The maximum absolute atomic E-state index is 12.4. The Morgan fingerprint density at radius 2 is 2.08 bits per heavy atom. The molecule has 2 aliphatic rings. The lowest BCUT2D eigenvalue weighted by molar-refractivity contribution is -0.119. The highest BCUT2D eigenvalue weighted by molar-refractivity contribution is 7.99. The average molecular weight is 373 g/mol. The fourth-order valence-electron chi connectivity index (χ4n) is 3.27. The maximum atomic E-state index is 12.4. The minimum atomic E-state index is 0.0598. The Kier molecular flexibility index (Phi) is 4.84. The molecule has 1 aromatic heterocycles. The van der Waals surface area contributed by atoms with Crippen LogP contribution in [0.5, 0.6) is 5.75 Å². The molecule has 26 heavy (non-hydrogen) atoms. The van der Waals surface area contributed by atoms with Gasteiger partial charge < -0.3 is 10.1 Å². The van der Waals surface area contributed by atoms with Crippen molar-refractivity contribution in [3.8, 4) is 11.4 Å². The third-order valence-corrected chi connectivity index (χ3v) is 5.84. The summed E-state index contributed by atoms with van der Waals surface area (Å²) in [5, 5.41) is 15.7. The number of hydrogen-bond donors (Lipinski definition) is 1. The smallest absolute Gasteiger partial charge is 0.230 e. The molecule has 0 radical (unpaired) electrons. The number of aromatic nitrogens is 4. The van der Waals surface area contributed by atoms with Gasteiger partial charge >= 0.3 is 0 Å². The number of aryl methyl sites for hydroxylation is 1. The van der Waals surface area contributed by atoms with Gasteiger partial charge in [-0.25, -0.2) is 0 Å². The van der Waals surface area contributed by atoms with E-state index in [0.29, 0.717) is 34.5 Å². The molecule has 7 nitrogen and oxygen atoms in total. The topological polar surface area (TPSA) is 81.9 Å². The van der Waals surface area contributed by atoms with Crippen molar-refractivity contribution >= 4 is 17.7 Å². The van der Waals surface area contributed by atoms with E-state index in [0.717, 1.165) is 11.3 Å². The van der Waals surface area contributed by atoms with Gasteiger partial charge in [0, 0.05) is 6.04 Å². The van der Waals surface area contributed by atoms with Gasteiger partial charge in [-0.05, 0) is 72.6 Å². The van der Waals surface area contributed by atoms with Gasteiger partial charge in [0.05, 0.1) is 12.9 Å². The molecule has 0 aliphatic heterocycles. The number of nitrogens with one attached hydrogen (secondary N) is 1. The normalized spacial score (nSPS) is 16.7. The summed E-state index contributed by atoms with van der Waals surface area (Å²) in [6.45, 7) is 2.00. The SMILES string of the molecule is COc1ccc(C)cc1-n1nnnc1SCC(=O)NC(C1CC1)C1CC1. The third-order valence-electron chi connectivity index (χ3n) is 4.92. The molecule has 0 spiro atoms. The minimum absolute atomic E-state index is 0.0598. The molecule has 0 saturated heterocycles.